The Labute approximate surface area is 107 Å². The third kappa shape index (κ3) is 2.77. The van der Waals surface area contributed by atoms with E-state index in [9.17, 15) is 4.79 Å². The maximum Gasteiger partial charge on any atom is 0.307 e. The van der Waals surface area contributed by atoms with Gasteiger partial charge in [-0.1, -0.05) is 61.5 Å². The number of hydrogen-bond donors (Lipinski definition) is 1. The van der Waals surface area contributed by atoms with Gasteiger partial charge in [0.2, 0.25) is 0 Å². The second kappa shape index (κ2) is 5.50. The van der Waals surface area contributed by atoms with Gasteiger partial charge in [0, 0.05) is 5.92 Å². The fourth-order valence-corrected chi connectivity index (χ4v) is 2.20. The molecule has 2 nitrogen and oxygen atoms in total. The van der Waals surface area contributed by atoms with Gasteiger partial charge in [0.1, 0.15) is 0 Å². The van der Waals surface area contributed by atoms with Crippen molar-refractivity contribution in [3.63, 3.8) is 0 Å². The zero-order valence-corrected chi connectivity index (χ0v) is 10.3. The Morgan fingerprint density at radius 2 is 1.67 bits per heavy atom. The van der Waals surface area contributed by atoms with Gasteiger partial charge < -0.3 is 5.11 Å². The number of carboxylic acids is 1. The third-order valence-electron chi connectivity index (χ3n) is 3.16. The van der Waals surface area contributed by atoms with Crippen LogP contribution in [0, 0.1) is 0 Å². The minimum Gasteiger partial charge on any atom is -0.481 e. The van der Waals surface area contributed by atoms with Crippen LogP contribution in [-0.4, -0.2) is 11.1 Å². The summed E-state index contributed by atoms with van der Waals surface area (Å²) in [6.07, 6.45) is 0.0767. The lowest BCUT2D eigenvalue weighted by Gasteiger charge is -2.16. The summed E-state index contributed by atoms with van der Waals surface area (Å²) in [7, 11) is 0. The van der Waals surface area contributed by atoms with Gasteiger partial charge in [0.25, 0.3) is 0 Å². The van der Waals surface area contributed by atoms with Crippen molar-refractivity contribution >= 4 is 5.97 Å². The second-order valence-electron chi connectivity index (χ2n) is 4.40. The van der Waals surface area contributed by atoms with Crippen molar-refractivity contribution in [2.75, 3.05) is 0 Å². The molecule has 0 aliphatic carbocycles. The molecule has 0 saturated heterocycles. The summed E-state index contributed by atoms with van der Waals surface area (Å²) >= 11 is 0. The first-order chi connectivity index (χ1) is 8.68. The Morgan fingerprint density at radius 3 is 2.33 bits per heavy atom. The number of benzene rings is 2. The zero-order valence-electron chi connectivity index (χ0n) is 10.3. The fourth-order valence-electron chi connectivity index (χ4n) is 2.20. The summed E-state index contributed by atoms with van der Waals surface area (Å²) in [5.41, 5.74) is 3.18. The van der Waals surface area contributed by atoms with Crippen LogP contribution in [0.4, 0.5) is 0 Å². The van der Waals surface area contributed by atoms with Crippen LogP contribution < -0.4 is 0 Å². The molecule has 0 fully saturated rings. The highest BCUT2D eigenvalue weighted by Crippen LogP contribution is 2.26. The van der Waals surface area contributed by atoms with Crippen molar-refractivity contribution in [2.24, 2.45) is 0 Å². The molecule has 0 aromatic heterocycles. The van der Waals surface area contributed by atoms with Crippen molar-refractivity contribution in [2.45, 2.75) is 19.3 Å². The maximum absolute atomic E-state index is 10.9. The molecule has 0 aliphatic rings. The van der Waals surface area contributed by atoms with E-state index in [2.05, 4.69) is 19.1 Å². The van der Waals surface area contributed by atoms with Crippen LogP contribution in [0.1, 0.15) is 29.5 Å². The normalized spacial score (nSPS) is 12.1. The number of carboxylic acid groups (broad SMARTS) is 1. The minimum atomic E-state index is -0.789. The molecule has 2 rings (SSSR count). The van der Waals surface area contributed by atoms with Crippen LogP contribution in [0.3, 0.4) is 0 Å². The van der Waals surface area contributed by atoms with Crippen molar-refractivity contribution in [1.29, 1.82) is 0 Å². The first-order valence-corrected chi connectivity index (χ1v) is 6.03. The predicted octanol–water partition coefficient (Wildman–Crippen LogP) is 3.47. The molecule has 92 valence electrons. The molecule has 1 atom stereocenters. The Balaban J connectivity index is 2.36. The summed E-state index contributed by atoms with van der Waals surface area (Å²) in [5.74, 6) is -0.579. The summed E-state index contributed by atoms with van der Waals surface area (Å²) in [5, 5.41) is 8.94. The van der Waals surface area contributed by atoms with E-state index in [-0.39, 0.29) is 12.3 Å². The lowest BCUT2D eigenvalue weighted by molar-refractivity contribution is -0.136. The standard InChI is InChI=1S/C16H16O2/c1-12(13-7-3-2-4-8-13)15-10-6-5-9-14(15)11-16(17)18/h2-10,12H,11H2,1H3,(H,17,18)/t12-/m1/s1. The van der Waals surface area contributed by atoms with E-state index in [1.165, 1.54) is 5.56 Å². The molecule has 0 heterocycles. The molecule has 0 unspecified atom stereocenters. The van der Waals surface area contributed by atoms with Gasteiger partial charge >= 0.3 is 5.97 Å². The molecule has 1 N–H and O–H groups in total. The van der Waals surface area contributed by atoms with E-state index in [1.807, 2.05) is 42.5 Å². The molecule has 0 spiro atoms. The van der Waals surface area contributed by atoms with Gasteiger partial charge in [-0.05, 0) is 16.7 Å². The first kappa shape index (κ1) is 12.4. The van der Waals surface area contributed by atoms with Gasteiger partial charge in [-0.2, -0.15) is 0 Å². The van der Waals surface area contributed by atoms with Gasteiger partial charge in [0.15, 0.2) is 0 Å². The zero-order chi connectivity index (χ0) is 13.0. The SMILES string of the molecule is C[C@H](c1ccccc1)c1ccccc1CC(=O)O. The summed E-state index contributed by atoms with van der Waals surface area (Å²) < 4.78 is 0. The van der Waals surface area contributed by atoms with E-state index in [0.717, 1.165) is 11.1 Å². The lowest BCUT2D eigenvalue weighted by Crippen LogP contribution is -2.06. The summed E-state index contributed by atoms with van der Waals surface area (Å²) in [6, 6.07) is 17.9. The highest BCUT2D eigenvalue weighted by molar-refractivity contribution is 5.71. The number of rotatable bonds is 4. The molecular weight excluding hydrogens is 224 g/mol. The van der Waals surface area contributed by atoms with Crippen LogP contribution in [-0.2, 0) is 11.2 Å². The van der Waals surface area contributed by atoms with Crippen LogP contribution in [0.2, 0.25) is 0 Å². The van der Waals surface area contributed by atoms with Gasteiger partial charge in [-0.25, -0.2) is 0 Å². The highest BCUT2D eigenvalue weighted by Gasteiger charge is 2.13. The van der Waals surface area contributed by atoms with Crippen molar-refractivity contribution in [3.8, 4) is 0 Å². The maximum atomic E-state index is 10.9. The minimum absolute atomic E-state index is 0.0767. The smallest absolute Gasteiger partial charge is 0.307 e. The van der Waals surface area contributed by atoms with Gasteiger partial charge in [0.05, 0.1) is 6.42 Å². The van der Waals surface area contributed by atoms with E-state index < -0.39 is 5.97 Å². The second-order valence-corrected chi connectivity index (χ2v) is 4.40. The van der Waals surface area contributed by atoms with Crippen LogP contribution >= 0.6 is 0 Å². The fraction of sp³-hybridized carbons (Fsp3) is 0.188. The van der Waals surface area contributed by atoms with Crippen LogP contribution in [0.5, 0.6) is 0 Å². The Bertz CT molecular complexity index is 532. The summed E-state index contributed by atoms with van der Waals surface area (Å²) in [4.78, 5) is 10.9. The molecule has 0 aliphatic heterocycles. The van der Waals surface area contributed by atoms with Crippen LogP contribution in [0.25, 0.3) is 0 Å². The van der Waals surface area contributed by atoms with Crippen LogP contribution in [0.15, 0.2) is 54.6 Å². The quantitative estimate of drug-likeness (QED) is 0.888. The van der Waals surface area contributed by atoms with Gasteiger partial charge in [-0.3, -0.25) is 4.79 Å². The number of aliphatic carboxylic acids is 1. The monoisotopic (exact) mass is 240 g/mol. The topological polar surface area (TPSA) is 37.3 Å². The van der Waals surface area contributed by atoms with Crippen molar-refractivity contribution < 1.29 is 9.90 Å². The number of hydrogen-bond acceptors (Lipinski definition) is 1. The van der Waals surface area contributed by atoms with Crippen molar-refractivity contribution in [1.82, 2.24) is 0 Å². The van der Waals surface area contributed by atoms with E-state index in [0.29, 0.717) is 0 Å². The van der Waals surface area contributed by atoms with E-state index in [1.54, 1.807) is 0 Å². The highest BCUT2D eigenvalue weighted by atomic mass is 16.4. The molecule has 0 amide bonds. The molecule has 2 aromatic rings. The molecule has 0 radical (unpaired) electrons. The molecule has 2 heteroatoms. The molecule has 18 heavy (non-hydrogen) atoms. The Hall–Kier alpha value is -2.09. The Kier molecular flexibility index (Phi) is 3.78. The third-order valence-corrected chi connectivity index (χ3v) is 3.16. The largest absolute Gasteiger partial charge is 0.481 e. The summed E-state index contributed by atoms with van der Waals surface area (Å²) in [6.45, 7) is 2.11. The van der Waals surface area contributed by atoms with E-state index in [4.69, 9.17) is 5.11 Å². The van der Waals surface area contributed by atoms with E-state index >= 15 is 0 Å². The Morgan fingerprint density at radius 1 is 1.06 bits per heavy atom. The first-order valence-electron chi connectivity index (χ1n) is 6.03. The predicted molar refractivity (Wildman–Crippen MR) is 71.7 cm³/mol. The lowest BCUT2D eigenvalue weighted by atomic mass is 9.89. The molecule has 0 bridgehead atoms. The average Bonchev–Trinajstić information content (AvgIpc) is 2.39. The average molecular weight is 240 g/mol. The number of carbonyl (C=O) groups is 1. The molecule has 0 saturated carbocycles. The molecular formula is C16H16O2. The molecule has 2 aromatic carbocycles. The van der Waals surface area contributed by atoms with Gasteiger partial charge in [-0.15, -0.1) is 0 Å². The van der Waals surface area contributed by atoms with Crippen molar-refractivity contribution in [3.05, 3.63) is 71.3 Å².